The number of aromatic hydroxyl groups is 1. The number of hydrogen-bond donors (Lipinski definition) is 2. The van der Waals surface area contributed by atoms with E-state index in [0.717, 1.165) is 21.5 Å². The van der Waals surface area contributed by atoms with Crippen molar-refractivity contribution in [3.8, 4) is 5.75 Å². The maximum absolute atomic E-state index is 9.91. The van der Waals surface area contributed by atoms with Crippen LogP contribution in [-0.4, -0.2) is 40.9 Å². The minimum atomic E-state index is 0.0825. The molecule has 0 aliphatic rings. The van der Waals surface area contributed by atoms with Gasteiger partial charge in [-0.05, 0) is 17.9 Å². The Labute approximate surface area is 136 Å². The number of hydrogen-bond acceptors (Lipinski definition) is 9. The molecule has 1 aromatic heterocycles. The van der Waals surface area contributed by atoms with Gasteiger partial charge in [0.1, 0.15) is 11.4 Å². The van der Waals surface area contributed by atoms with Crippen LogP contribution in [0.1, 0.15) is 0 Å². The number of aromatic nitrogens is 2. The number of thioether (sulfide) groups is 1. The van der Waals surface area contributed by atoms with Crippen LogP contribution in [0, 0.1) is 0 Å². The standard InChI is InChI=1S/C12H15N5OS3/c1-17(2)8-3-4-9(10(18)7-8)13-14-11-15-16-12(21-11)20-6-5-19/h3-4,7,18-19H,5-6H2,1-2H3/b14-13+. The third-order valence-corrected chi connectivity index (χ3v) is 4.90. The molecule has 2 rings (SSSR count). The lowest BCUT2D eigenvalue weighted by atomic mass is 10.2. The fourth-order valence-electron chi connectivity index (χ4n) is 1.41. The van der Waals surface area contributed by atoms with Crippen molar-refractivity contribution in [3.05, 3.63) is 18.2 Å². The number of azo groups is 1. The van der Waals surface area contributed by atoms with Crippen LogP contribution in [-0.2, 0) is 0 Å². The predicted octanol–water partition coefficient (Wildman–Crippen LogP) is 3.75. The molecule has 2 aromatic rings. The highest BCUT2D eigenvalue weighted by atomic mass is 32.2. The molecule has 112 valence electrons. The summed E-state index contributed by atoms with van der Waals surface area (Å²) < 4.78 is 0.838. The van der Waals surface area contributed by atoms with Gasteiger partial charge in [-0.15, -0.1) is 20.4 Å². The van der Waals surface area contributed by atoms with Crippen LogP contribution < -0.4 is 4.90 Å². The van der Waals surface area contributed by atoms with E-state index in [2.05, 4.69) is 33.1 Å². The van der Waals surface area contributed by atoms with Gasteiger partial charge in [0.2, 0.25) is 0 Å². The highest BCUT2D eigenvalue weighted by molar-refractivity contribution is 8.01. The predicted molar refractivity (Wildman–Crippen MR) is 91.1 cm³/mol. The molecule has 0 fully saturated rings. The Balaban J connectivity index is 2.08. The van der Waals surface area contributed by atoms with Gasteiger partial charge in [0.15, 0.2) is 4.34 Å². The molecule has 1 heterocycles. The van der Waals surface area contributed by atoms with E-state index in [0.29, 0.717) is 10.8 Å². The molecule has 21 heavy (non-hydrogen) atoms. The SMILES string of the molecule is CN(C)c1ccc(/N=N/c2nnc(SCCS)s2)c(O)c1. The van der Waals surface area contributed by atoms with Crippen molar-refractivity contribution in [2.45, 2.75) is 4.34 Å². The van der Waals surface area contributed by atoms with Crippen LogP contribution in [0.3, 0.4) is 0 Å². The summed E-state index contributed by atoms with van der Waals surface area (Å²) in [5.41, 5.74) is 1.30. The fraction of sp³-hybridized carbons (Fsp3) is 0.333. The first-order valence-corrected chi connectivity index (χ1v) is 8.53. The Bertz CT molecular complexity index is 629. The number of phenolic OH excluding ortho intramolecular Hbond substituents is 1. The second-order valence-electron chi connectivity index (χ2n) is 4.19. The molecule has 0 spiro atoms. The maximum Gasteiger partial charge on any atom is 0.252 e. The summed E-state index contributed by atoms with van der Waals surface area (Å²) >= 11 is 7.09. The number of benzene rings is 1. The van der Waals surface area contributed by atoms with Gasteiger partial charge in [-0.3, -0.25) is 0 Å². The van der Waals surface area contributed by atoms with E-state index in [9.17, 15) is 5.11 Å². The molecule has 0 aliphatic carbocycles. The highest BCUT2D eigenvalue weighted by Crippen LogP contribution is 2.33. The van der Waals surface area contributed by atoms with E-state index in [1.165, 1.54) is 11.3 Å². The molecule has 1 N–H and O–H groups in total. The second kappa shape index (κ2) is 7.62. The maximum atomic E-state index is 9.91. The van der Waals surface area contributed by atoms with Gasteiger partial charge in [0.25, 0.3) is 5.13 Å². The van der Waals surface area contributed by atoms with E-state index in [1.54, 1.807) is 23.9 Å². The molecule has 6 nitrogen and oxygen atoms in total. The molecular weight excluding hydrogens is 326 g/mol. The zero-order valence-corrected chi connectivity index (χ0v) is 14.1. The molecule has 0 aliphatic heterocycles. The Morgan fingerprint density at radius 3 is 2.81 bits per heavy atom. The van der Waals surface area contributed by atoms with Crippen LogP contribution in [0.4, 0.5) is 16.5 Å². The first kappa shape index (κ1) is 16.1. The van der Waals surface area contributed by atoms with Crippen molar-refractivity contribution in [3.63, 3.8) is 0 Å². The summed E-state index contributed by atoms with van der Waals surface area (Å²) in [6, 6.07) is 5.22. The minimum Gasteiger partial charge on any atom is -0.506 e. The first-order valence-electron chi connectivity index (χ1n) is 6.09. The average molecular weight is 341 g/mol. The van der Waals surface area contributed by atoms with Crippen LogP contribution >= 0.6 is 35.7 Å². The van der Waals surface area contributed by atoms with Gasteiger partial charge in [-0.1, -0.05) is 23.1 Å². The van der Waals surface area contributed by atoms with Crippen molar-refractivity contribution < 1.29 is 5.11 Å². The summed E-state index contributed by atoms with van der Waals surface area (Å²) in [4.78, 5) is 1.90. The number of nitrogens with zero attached hydrogens (tertiary/aromatic N) is 5. The summed E-state index contributed by atoms with van der Waals surface area (Å²) in [6.07, 6.45) is 0. The van der Waals surface area contributed by atoms with Gasteiger partial charge in [0, 0.05) is 31.6 Å². The summed E-state index contributed by atoms with van der Waals surface area (Å²) in [5.74, 6) is 1.74. The molecule has 1 aromatic carbocycles. The van der Waals surface area contributed by atoms with Gasteiger partial charge in [-0.2, -0.15) is 12.6 Å². The number of thiol groups is 1. The third kappa shape index (κ3) is 4.58. The Morgan fingerprint density at radius 2 is 2.14 bits per heavy atom. The lowest BCUT2D eigenvalue weighted by Crippen LogP contribution is -2.07. The van der Waals surface area contributed by atoms with Crippen molar-refractivity contribution in [2.75, 3.05) is 30.5 Å². The number of phenols is 1. The molecule has 0 radical (unpaired) electrons. The highest BCUT2D eigenvalue weighted by Gasteiger charge is 2.05. The first-order chi connectivity index (χ1) is 10.1. The normalized spacial score (nSPS) is 11.2. The fourth-order valence-corrected chi connectivity index (χ4v) is 3.15. The van der Waals surface area contributed by atoms with Gasteiger partial charge in [0.05, 0.1) is 0 Å². The summed E-state index contributed by atoms with van der Waals surface area (Å²) in [6.45, 7) is 0. The van der Waals surface area contributed by atoms with Crippen molar-refractivity contribution in [1.29, 1.82) is 0 Å². The Morgan fingerprint density at radius 1 is 1.33 bits per heavy atom. The third-order valence-electron chi connectivity index (χ3n) is 2.43. The van der Waals surface area contributed by atoms with Crippen LogP contribution in [0.25, 0.3) is 0 Å². The second-order valence-corrected chi connectivity index (χ2v) is 6.94. The van der Waals surface area contributed by atoms with Gasteiger partial charge >= 0.3 is 0 Å². The number of anilines is 1. The van der Waals surface area contributed by atoms with E-state index < -0.39 is 0 Å². The van der Waals surface area contributed by atoms with Gasteiger partial charge in [-0.25, -0.2) is 0 Å². The van der Waals surface area contributed by atoms with E-state index in [-0.39, 0.29) is 5.75 Å². The van der Waals surface area contributed by atoms with Crippen molar-refractivity contribution >= 4 is 52.2 Å². The zero-order valence-electron chi connectivity index (χ0n) is 11.6. The molecular formula is C12H15N5OS3. The van der Waals surface area contributed by atoms with E-state index in [4.69, 9.17) is 0 Å². The molecule has 9 heteroatoms. The summed E-state index contributed by atoms with van der Waals surface area (Å²) in [5, 5.41) is 26.3. The lowest BCUT2D eigenvalue weighted by molar-refractivity contribution is 0.476. The molecule has 0 saturated carbocycles. The minimum absolute atomic E-state index is 0.0825. The molecule has 0 saturated heterocycles. The Hall–Kier alpha value is -1.32. The van der Waals surface area contributed by atoms with Crippen LogP contribution in [0.5, 0.6) is 5.75 Å². The smallest absolute Gasteiger partial charge is 0.252 e. The number of rotatable bonds is 6. The van der Waals surface area contributed by atoms with E-state index in [1.807, 2.05) is 25.1 Å². The van der Waals surface area contributed by atoms with E-state index >= 15 is 0 Å². The quantitative estimate of drug-likeness (QED) is 0.475. The van der Waals surface area contributed by atoms with Crippen LogP contribution in [0.2, 0.25) is 0 Å². The van der Waals surface area contributed by atoms with Crippen molar-refractivity contribution in [2.24, 2.45) is 10.2 Å². The molecule has 0 atom stereocenters. The van der Waals surface area contributed by atoms with Crippen molar-refractivity contribution in [1.82, 2.24) is 10.2 Å². The van der Waals surface area contributed by atoms with Crippen LogP contribution in [0.15, 0.2) is 32.8 Å². The largest absolute Gasteiger partial charge is 0.506 e. The molecule has 0 bridgehead atoms. The zero-order chi connectivity index (χ0) is 15.2. The lowest BCUT2D eigenvalue weighted by Gasteiger charge is -2.12. The van der Waals surface area contributed by atoms with Gasteiger partial charge < -0.3 is 10.0 Å². The molecule has 0 unspecified atom stereocenters. The average Bonchev–Trinajstić information content (AvgIpc) is 2.91. The monoisotopic (exact) mass is 341 g/mol. The summed E-state index contributed by atoms with van der Waals surface area (Å²) in [7, 11) is 3.81. The molecule has 0 amide bonds. The Kier molecular flexibility index (Phi) is 5.83. The topological polar surface area (TPSA) is 74.0 Å².